The summed E-state index contributed by atoms with van der Waals surface area (Å²) in [5.41, 5.74) is 0.952. The molecule has 0 N–H and O–H groups in total. The van der Waals surface area contributed by atoms with Gasteiger partial charge in [-0.2, -0.15) is 4.98 Å². The molecule has 0 spiro atoms. The molecule has 31 heavy (non-hydrogen) atoms. The normalized spacial score (nSPS) is 21.4. The van der Waals surface area contributed by atoms with Crippen LogP contribution in [0, 0.1) is 0 Å². The SMILES string of the molecule is CC[C@@H]1c2nncn2-c2cnc(-n3ccnc3N3CCOCC3)nc2N1C1CCCC1. The molecule has 3 aromatic heterocycles. The second-order valence-corrected chi connectivity index (χ2v) is 8.40. The largest absolute Gasteiger partial charge is 0.378 e. The van der Waals surface area contributed by atoms with Gasteiger partial charge < -0.3 is 14.5 Å². The van der Waals surface area contributed by atoms with Crippen LogP contribution in [0.4, 0.5) is 11.8 Å². The molecule has 3 aromatic rings. The van der Waals surface area contributed by atoms with Crippen molar-refractivity contribution in [2.75, 3.05) is 36.1 Å². The Hall–Kier alpha value is -3.01. The summed E-state index contributed by atoms with van der Waals surface area (Å²) in [5, 5.41) is 8.67. The third-order valence-corrected chi connectivity index (χ3v) is 6.68. The lowest BCUT2D eigenvalue weighted by Crippen LogP contribution is -2.42. The lowest BCUT2D eigenvalue weighted by atomic mass is 10.0. The summed E-state index contributed by atoms with van der Waals surface area (Å²) in [7, 11) is 0. The van der Waals surface area contributed by atoms with E-state index in [9.17, 15) is 0 Å². The summed E-state index contributed by atoms with van der Waals surface area (Å²) in [4.78, 5) is 19.2. The van der Waals surface area contributed by atoms with Gasteiger partial charge in [-0.05, 0) is 19.3 Å². The monoisotopic (exact) mass is 421 g/mol. The highest BCUT2D eigenvalue weighted by Gasteiger charge is 2.38. The summed E-state index contributed by atoms with van der Waals surface area (Å²) in [6.45, 7) is 5.27. The molecule has 2 fully saturated rings. The van der Waals surface area contributed by atoms with E-state index in [1.54, 1.807) is 6.33 Å². The lowest BCUT2D eigenvalue weighted by molar-refractivity contribution is 0.122. The topological polar surface area (TPSA) is 90.0 Å². The van der Waals surface area contributed by atoms with E-state index in [0.29, 0.717) is 25.2 Å². The molecule has 162 valence electrons. The van der Waals surface area contributed by atoms with Crippen LogP contribution in [-0.4, -0.2) is 66.6 Å². The van der Waals surface area contributed by atoms with Crippen molar-refractivity contribution in [1.82, 2.24) is 34.3 Å². The van der Waals surface area contributed by atoms with Crippen LogP contribution in [0.3, 0.4) is 0 Å². The van der Waals surface area contributed by atoms with Crippen LogP contribution in [0.15, 0.2) is 24.9 Å². The van der Waals surface area contributed by atoms with E-state index in [4.69, 9.17) is 14.7 Å². The number of nitrogens with zero attached hydrogens (tertiary/aromatic N) is 9. The van der Waals surface area contributed by atoms with Crippen molar-refractivity contribution in [3.63, 3.8) is 0 Å². The fourth-order valence-electron chi connectivity index (χ4n) is 5.20. The second-order valence-electron chi connectivity index (χ2n) is 8.40. The Morgan fingerprint density at radius 1 is 1.10 bits per heavy atom. The highest BCUT2D eigenvalue weighted by atomic mass is 16.5. The predicted molar refractivity (Wildman–Crippen MR) is 115 cm³/mol. The van der Waals surface area contributed by atoms with Crippen LogP contribution in [0.5, 0.6) is 0 Å². The Labute approximate surface area is 180 Å². The molecule has 5 heterocycles. The molecule has 2 aliphatic heterocycles. The van der Waals surface area contributed by atoms with Crippen molar-refractivity contribution in [2.24, 2.45) is 0 Å². The quantitative estimate of drug-likeness (QED) is 0.634. The molecule has 1 aliphatic carbocycles. The molecule has 0 aromatic carbocycles. The maximum Gasteiger partial charge on any atom is 0.238 e. The fraction of sp³-hybridized carbons (Fsp3) is 0.571. The van der Waals surface area contributed by atoms with Gasteiger partial charge >= 0.3 is 0 Å². The summed E-state index contributed by atoms with van der Waals surface area (Å²) >= 11 is 0. The summed E-state index contributed by atoms with van der Waals surface area (Å²) in [5.74, 6) is 3.46. The van der Waals surface area contributed by atoms with E-state index in [1.165, 1.54) is 25.7 Å². The van der Waals surface area contributed by atoms with Gasteiger partial charge in [0.2, 0.25) is 11.9 Å². The van der Waals surface area contributed by atoms with E-state index in [0.717, 1.165) is 42.8 Å². The molecule has 0 radical (unpaired) electrons. The van der Waals surface area contributed by atoms with Gasteiger partial charge in [0.1, 0.15) is 12.0 Å². The van der Waals surface area contributed by atoms with Crippen LogP contribution in [0.25, 0.3) is 11.6 Å². The average Bonchev–Trinajstić information content (AvgIpc) is 3.59. The fourth-order valence-corrected chi connectivity index (χ4v) is 5.20. The van der Waals surface area contributed by atoms with Gasteiger partial charge in [-0.25, -0.2) is 9.97 Å². The molecular weight excluding hydrogens is 394 g/mol. The maximum absolute atomic E-state index is 5.51. The first kappa shape index (κ1) is 18.7. The lowest BCUT2D eigenvalue weighted by Gasteiger charge is -2.40. The van der Waals surface area contributed by atoms with E-state index in [-0.39, 0.29) is 6.04 Å². The second kappa shape index (κ2) is 7.60. The van der Waals surface area contributed by atoms with Gasteiger partial charge in [-0.1, -0.05) is 19.8 Å². The van der Waals surface area contributed by atoms with Gasteiger partial charge in [0.15, 0.2) is 11.6 Å². The van der Waals surface area contributed by atoms with Crippen LogP contribution in [0.1, 0.15) is 50.9 Å². The van der Waals surface area contributed by atoms with Crippen LogP contribution < -0.4 is 9.80 Å². The standard InChI is InChI=1S/C21H27N9O/c1-2-16-19-26-24-14-29(19)17-13-23-20(25-18(17)30(16)15-5-3-4-6-15)28-8-7-22-21(28)27-9-11-31-12-10-27/h7-8,13-16H,2-6,9-12H2,1H3/t16-/m1/s1. The number of rotatable bonds is 4. The van der Waals surface area contributed by atoms with Crippen molar-refractivity contribution < 1.29 is 4.74 Å². The highest BCUT2D eigenvalue weighted by Crippen LogP contribution is 2.42. The number of aromatic nitrogens is 7. The molecule has 3 aliphatic rings. The summed E-state index contributed by atoms with van der Waals surface area (Å²) in [6.07, 6.45) is 13.3. The van der Waals surface area contributed by atoms with Crippen LogP contribution in [-0.2, 0) is 4.74 Å². The molecule has 0 bridgehead atoms. The zero-order chi connectivity index (χ0) is 20.8. The smallest absolute Gasteiger partial charge is 0.238 e. The first-order chi connectivity index (χ1) is 15.3. The number of imidazole rings is 1. The summed E-state index contributed by atoms with van der Waals surface area (Å²) < 4.78 is 9.55. The minimum Gasteiger partial charge on any atom is -0.378 e. The number of hydrogen-bond acceptors (Lipinski definition) is 8. The minimum atomic E-state index is 0.169. The van der Waals surface area contributed by atoms with Gasteiger partial charge in [0.05, 0.1) is 25.5 Å². The number of ether oxygens (including phenoxy) is 1. The van der Waals surface area contributed by atoms with Gasteiger partial charge in [-0.3, -0.25) is 9.13 Å². The van der Waals surface area contributed by atoms with Crippen molar-refractivity contribution in [3.8, 4) is 11.6 Å². The van der Waals surface area contributed by atoms with E-state index >= 15 is 0 Å². The molecule has 6 rings (SSSR count). The van der Waals surface area contributed by atoms with Crippen molar-refractivity contribution >= 4 is 11.8 Å². The zero-order valence-electron chi connectivity index (χ0n) is 17.8. The Morgan fingerprint density at radius 2 is 1.94 bits per heavy atom. The molecule has 1 atom stereocenters. The number of morpholine rings is 1. The number of hydrogen-bond donors (Lipinski definition) is 0. The van der Waals surface area contributed by atoms with Gasteiger partial charge in [0.25, 0.3) is 0 Å². The van der Waals surface area contributed by atoms with Crippen molar-refractivity contribution in [1.29, 1.82) is 0 Å². The van der Waals surface area contributed by atoms with Crippen molar-refractivity contribution in [3.05, 3.63) is 30.7 Å². The molecule has 1 saturated carbocycles. The predicted octanol–water partition coefficient (Wildman–Crippen LogP) is 2.29. The maximum atomic E-state index is 5.51. The highest BCUT2D eigenvalue weighted by molar-refractivity contribution is 5.63. The first-order valence-corrected chi connectivity index (χ1v) is 11.3. The third kappa shape index (κ3) is 3.00. The average molecular weight is 422 g/mol. The third-order valence-electron chi connectivity index (χ3n) is 6.68. The number of anilines is 2. The van der Waals surface area contributed by atoms with Crippen molar-refractivity contribution in [2.45, 2.75) is 51.1 Å². The Kier molecular flexibility index (Phi) is 4.59. The minimum absolute atomic E-state index is 0.169. The van der Waals surface area contributed by atoms with E-state index in [1.807, 2.05) is 23.2 Å². The van der Waals surface area contributed by atoms with Gasteiger partial charge in [0, 0.05) is 31.5 Å². The molecule has 0 amide bonds. The molecule has 0 unspecified atom stereocenters. The Bertz CT molecular complexity index is 1060. The number of fused-ring (bicyclic) bond motifs is 3. The summed E-state index contributed by atoms with van der Waals surface area (Å²) in [6, 6.07) is 0.640. The van der Waals surface area contributed by atoms with Crippen LogP contribution >= 0.6 is 0 Å². The van der Waals surface area contributed by atoms with E-state index in [2.05, 4.69) is 36.5 Å². The Morgan fingerprint density at radius 3 is 2.74 bits per heavy atom. The zero-order valence-corrected chi connectivity index (χ0v) is 17.8. The molecule has 1 saturated heterocycles. The molecular formula is C21H27N9O. The molecule has 10 nitrogen and oxygen atoms in total. The van der Waals surface area contributed by atoms with Crippen LogP contribution in [0.2, 0.25) is 0 Å². The first-order valence-electron chi connectivity index (χ1n) is 11.3. The van der Waals surface area contributed by atoms with Gasteiger partial charge in [-0.15, -0.1) is 10.2 Å². The Balaban J connectivity index is 1.46. The molecule has 10 heteroatoms. The van der Waals surface area contributed by atoms with E-state index < -0.39 is 0 Å².